The monoisotopic (exact) mass is 918 g/mol. The van der Waals surface area contributed by atoms with Gasteiger partial charge in [0.2, 0.25) is 5.56 Å². The Morgan fingerprint density at radius 2 is 1.08 bits per heavy atom. The third-order valence-corrected chi connectivity index (χ3v) is 11.0. The highest BCUT2D eigenvalue weighted by Crippen LogP contribution is 2.36. The first-order valence-electron chi connectivity index (χ1n) is 27.2. The third-order valence-electron chi connectivity index (χ3n) is 11.0. The van der Waals surface area contributed by atoms with Crippen LogP contribution in [0.1, 0.15) is 228 Å². The highest BCUT2D eigenvalue weighted by molar-refractivity contribution is 5.14. The number of rotatable bonds is 5. The Morgan fingerprint density at radius 1 is 0.600 bits per heavy atom. The van der Waals surface area contributed by atoms with Crippen LogP contribution in [-0.4, -0.2) is 49.7 Å². The molecule has 1 aromatic rings. The Balaban J connectivity index is -0.000000157. The molecule has 0 atom stereocenters. The average molecular weight is 919 g/mol. The van der Waals surface area contributed by atoms with Gasteiger partial charge in [0.15, 0.2) is 5.79 Å². The van der Waals surface area contributed by atoms with E-state index in [9.17, 15) is 4.79 Å². The lowest BCUT2D eigenvalue weighted by molar-refractivity contribution is -0.161. The van der Waals surface area contributed by atoms with Gasteiger partial charge in [0.1, 0.15) is 0 Å². The topological polar surface area (TPSA) is 64.5 Å². The number of allylic oxidation sites excluding steroid dienone is 3. The first-order chi connectivity index (χ1) is 31.2. The molecule has 1 spiro atoms. The fourth-order valence-corrected chi connectivity index (χ4v) is 7.13. The summed E-state index contributed by atoms with van der Waals surface area (Å²) in [4.78, 5) is 11.0. The van der Waals surface area contributed by atoms with E-state index < -0.39 is 0 Å². The summed E-state index contributed by atoms with van der Waals surface area (Å²) in [6, 6.07) is 3.49. The zero-order valence-electron chi connectivity index (χ0n) is 48.3. The van der Waals surface area contributed by atoms with Crippen LogP contribution >= 0.6 is 0 Å². The summed E-state index contributed by atoms with van der Waals surface area (Å²) in [5.41, 5.74) is 6.11. The predicted octanol–water partition coefficient (Wildman–Crippen LogP) is 17.3. The summed E-state index contributed by atoms with van der Waals surface area (Å²) >= 11 is 0. The van der Waals surface area contributed by atoms with E-state index in [0.29, 0.717) is 11.8 Å². The molecule has 2 aliphatic carbocycles. The summed E-state index contributed by atoms with van der Waals surface area (Å²) in [7, 11) is 1.77. The van der Waals surface area contributed by atoms with Gasteiger partial charge in [-0.3, -0.25) is 4.79 Å². The first kappa shape index (κ1) is 74.3. The minimum atomic E-state index is -0.238. The molecular weight excluding hydrogens is 799 g/mol. The van der Waals surface area contributed by atoms with Crippen molar-refractivity contribution in [1.82, 2.24) is 15.2 Å². The second-order valence-corrected chi connectivity index (χ2v) is 16.7. The molecule has 0 bridgehead atoms. The molecule has 6 nitrogen and oxygen atoms in total. The summed E-state index contributed by atoms with van der Waals surface area (Å²) in [5.74, 6) is 4.37. The van der Waals surface area contributed by atoms with Gasteiger partial charge in [0.05, 0.1) is 13.2 Å². The van der Waals surface area contributed by atoms with E-state index in [1.165, 1.54) is 70.1 Å². The molecule has 65 heavy (non-hydrogen) atoms. The van der Waals surface area contributed by atoms with E-state index in [0.717, 1.165) is 62.7 Å². The number of nitrogens with one attached hydrogen (secondary N) is 2. The van der Waals surface area contributed by atoms with Crippen LogP contribution in [0.4, 0.5) is 0 Å². The zero-order valence-corrected chi connectivity index (χ0v) is 48.3. The molecule has 1 aromatic heterocycles. The fraction of sp³-hybridized carbons (Fsp3) is 0.780. The Kier molecular flexibility index (Phi) is 60.3. The quantitative estimate of drug-likeness (QED) is 0.288. The minimum Gasteiger partial charge on any atom is -0.347 e. The van der Waals surface area contributed by atoms with E-state index in [-0.39, 0.29) is 11.3 Å². The summed E-state index contributed by atoms with van der Waals surface area (Å²) in [5, 5.41) is 6.66. The Labute approximate surface area is 409 Å². The molecule has 3 aliphatic heterocycles. The maximum absolute atomic E-state index is 11.0. The van der Waals surface area contributed by atoms with Crippen LogP contribution in [0.2, 0.25) is 0 Å². The van der Waals surface area contributed by atoms with Crippen molar-refractivity contribution in [3.05, 3.63) is 82.4 Å². The maximum Gasteiger partial charge on any atom is 0.250 e. The predicted molar refractivity (Wildman–Crippen MR) is 299 cm³/mol. The van der Waals surface area contributed by atoms with Crippen molar-refractivity contribution < 1.29 is 9.47 Å². The Bertz CT molecular complexity index is 1230. The molecule has 0 unspecified atom stereocenters. The van der Waals surface area contributed by atoms with Crippen molar-refractivity contribution in [2.24, 2.45) is 36.6 Å². The number of pyridine rings is 1. The number of aryl methyl sites for hydroxylation is 1. The molecule has 6 rings (SSSR count). The number of hydrogen-bond acceptors (Lipinski definition) is 5. The Hall–Kier alpha value is -2.25. The number of hydrogen-bond donors (Lipinski definition) is 2. The Morgan fingerprint density at radius 3 is 1.38 bits per heavy atom. The standard InChI is InChI=1S/C11H18O2.C9H13NO.C9H16.C8H17N.C8H15N.6C2H6.C2H4/c1-9(2)10-3-5-11(6-4-10)12-7-8-13-11;1-7(2)8-4-5-9(11)10(3)6-8;1-8(2)9-6-4-3-5-7-9;2*1-7(2)8-3-5-9-6-4-8;7*1-2/h3,9H,4-8H2,1-2H3;4-7H,1-3H3;6,8H,3-5,7H2,1-2H3;7-9H,3-6H2,1-2H3;3,7,9H,4-6H2,1-2H3;6*1-2H3;1-2H2. The third kappa shape index (κ3) is 38.4. The smallest absolute Gasteiger partial charge is 0.250 e. The average Bonchev–Trinajstić information content (AvgIpc) is 3.83. The highest BCUT2D eigenvalue weighted by Gasteiger charge is 2.37. The van der Waals surface area contributed by atoms with Gasteiger partial charge < -0.3 is 24.7 Å². The lowest BCUT2D eigenvalue weighted by atomic mass is 9.87. The van der Waals surface area contributed by atoms with Crippen molar-refractivity contribution >= 4 is 0 Å². The van der Waals surface area contributed by atoms with Gasteiger partial charge in [-0.25, -0.2) is 0 Å². The second-order valence-electron chi connectivity index (χ2n) is 16.7. The molecule has 2 fully saturated rings. The normalized spacial score (nSPS) is 16.5. The lowest BCUT2D eigenvalue weighted by Crippen LogP contribution is -2.32. The minimum absolute atomic E-state index is 0.0504. The molecule has 4 heterocycles. The molecule has 388 valence electrons. The van der Waals surface area contributed by atoms with E-state index in [4.69, 9.17) is 9.47 Å². The zero-order chi connectivity index (χ0) is 51.8. The molecule has 0 aromatic carbocycles. The molecule has 2 saturated heterocycles. The summed E-state index contributed by atoms with van der Waals surface area (Å²) in [6.45, 7) is 58.7. The lowest BCUT2D eigenvalue weighted by Gasteiger charge is -2.31. The van der Waals surface area contributed by atoms with Crippen molar-refractivity contribution in [3.8, 4) is 0 Å². The molecule has 5 aliphatic rings. The van der Waals surface area contributed by atoms with Crippen LogP contribution in [0.5, 0.6) is 0 Å². The van der Waals surface area contributed by atoms with Crippen LogP contribution in [0.3, 0.4) is 0 Å². The number of piperidine rings is 1. The van der Waals surface area contributed by atoms with Crippen molar-refractivity contribution in [2.45, 2.75) is 228 Å². The summed E-state index contributed by atoms with van der Waals surface area (Å²) in [6.07, 6.45) is 21.6. The van der Waals surface area contributed by atoms with Crippen LogP contribution in [0, 0.1) is 29.6 Å². The van der Waals surface area contributed by atoms with Crippen molar-refractivity contribution in [3.63, 3.8) is 0 Å². The van der Waals surface area contributed by atoms with Crippen molar-refractivity contribution in [1.29, 1.82) is 0 Å². The second kappa shape index (κ2) is 52.7. The van der Waals surface area contributed by atoms with E-state index in [1.54, 1.807) is 34.4 Å². The van der Waals surface area contributed by atoms with Gasteiger partial charge in [-0.05, 0) is 112 Å². The van der Waals surface area contributed by atoms with Crippen LogP contribution < -0.4 is 16.2 Å². The van der Waals surface area contributed by atoms with Crippen LogP contribution in [0.15, 0.2) is 71.2 Å². The van der Waals surface area contributed by atoms with Crippen molar-refractivity contribution in [2.75, 3.05) is 39.4 Å². The molecule has 6 heteroatoms. The SMILES string of the molecule is C=C.CC.CC.CC.CC.CC.CC.CC(C)C1=CCC2(CC1)OCCO2.CC(C)C1=CCCCC1.CC(C)C1=CCNCC1.CC(C)C1CCNCC1.CC(C)c1ccc(=O)n(C)c1. The molecule has 0 amide bonds. The van der Waals surface area contributed by atoms with Gasteiger partial charge >= 0.3 is 0 Å². The van der Waals surface area contributed by atoms with Crippen LogP contribution in [0.25, 0.3) is 0 Å². The van der Waals surface area contributed by atoms with E-state index >= 15 is 0 Å². The van der Waals surface area contributed by atoms with Crippen LogP contribution in [-0.2, 0) is 16.5 Å². The van der Waals surface area contributed by atoms with E-state index in [1.807, 2.05) is 95.3 Å². The molecule has 2 N–H and O–H groups in total. The fourth-order valence-electron chi connectivity index (χ4n) is 7.13. The number of aromatic nitrogens is 1. The highest BCUT2D eigenvalue weighted by atomic mass is 16.7. The van der Waals surface area contributed by atoms with E-state index in [2.05, 4.69) is 111 Å². The van der Waals surface area contributed by atoms with Gasteiger partial charge in [0.25, 0.3) is 0 Å². The summed E-state index contributed by atoms with van der Waals surface area (Å²) < 4.78 is 12.9. The van der Waals surface area contributed by atoms with Gasteiger partial charge in [0, 0.05) is 38.7 Å². The number of nitrogens with zero attached hydrogens (tertiary/aromatic N) is 1. The van der Waals surface area contributed by atoms with Gasteiger partial charge in [-0.15, -0.1) is 13.2 Å². The molecule has 0 radical (unpaired) electrons. The largest absolute Gasteiger partial charge is 0.347 e. The maximum atomic E-state index is 11.0. The molecular formula is C59H119N3O3. The van der Waals surface area contributed by atoms with Gasteiger partial charge in [-0.2, -0.15) is 0 Å². The first-order valence-corrected chi connectivity index (χ1v) is 27.2. The molecule has 0 saturated carbocycles. The number of ether oxygens (including phenoxy) is 2. The van der Waals surface area contributed by atoms with Gasteiger partial charge in [-0.1, -0.05) is 193 Å².